The van der Waals surface area contributed by atoms with Crippen LogP contribution in [0.5, 0.6) is 5.75 Å². The average molecular weight is 433 g/mol. The molecular formula is C24H32O7. The minimum atomic E-state index is -0.787. The summed E-state index contributed by atoms with van der Waals surface area (Å²) >= 11 is 0. The quantitative estimate of drug-likeness (QED) is 0.381. The predicted octanol–water partition coefficient (Wildman–Crippen LogP) is 4.10. The molecule has 4 heterocycles. The van der Waals surface area contributed by atoms with Crippen molar-refractivity contribution in [2.45, 2.75) is 70.4 Å². The Balaban J connectivity index is 1.28. The summed E-state index contributed by atoms with van der Waals surface area (Å²) in [6, 6.07) is 7.17. The highest BCUT2D eigenvalue weighted by Gasteiger charge is 2.69. The Kier molecular flexibility index (Phi) is 5.59. The molecule has 170 valence electrons. The second-order valence-electron chi connectivity index (χ2n) is 9.65. The second-order valence-corrected chi connectivity index (χ2v) is 9.65. The van der Waals surface area contributed by atoms with Crippen molar-refractivity contribution in [1.29, 1.82) is 0 Å². The zero-order valence-electron chi connectivity index (χ0n) is 18.5. The van der Waals surface area contributed by atoms with Crippen LogP contribution in [0, 0.1) is 23.7 Å². The van der Waals surface area contributed by atoms with Gasteiger partial charge in [0.25, 0.3) is 0 Å². The first-order valence-electron chi connectivity index (χ1n) is 11.5. The van der Waals surface area contributed by atoms with Gasteiger partial charge in [0.2, 0.25) is 5.79 Å². The zero-order valence-corrected chi connectivity index (χ0v) is 18.5. The molecule has 7 heteroatoms. The molecule has 1 aromatic carbocycles. The maximum atomic E-state index is 11.2. The molecular weight excluding hydrogens is 400 g/mol. The van der Waals surface area contributed by atoms with E-state index in [1.165, 1.54) is 0 Å². The van der Waals surface area contributed by atoms with E-state index in [9.17, 15) is 4.79 Å². The monoisotopic (exact) mass is 432 g/mol. The van der Waals surface area contributed by atoms with E-state index in [0.717, 1.165) is 32.0 Å². The fourth-order valence-electron chi connectivity index (χ4n) is 6.09. The molecule has 1 spiro atoms. The van der Waals surface area contributed by atoms with Crippen molar-refractivity contribution < 1.29 is 33.5 Å². The van der Waals surface area contributed by atoms with Crippen LogP contribution in [0.3, 0.4) is 0 Å². The lowest BCUT2D eigenvalue weighted by atomic mass is 9.58. The van der Waals surface area contributed by atoms with Gasteiger partial charge in [-0.15, -0.1) is 0 Å². The normalized spacial score (nSPS) is 43.7. The van der Waals surface area contributed by atoms with Gasteiger partial charge in [0.15, 0.2) is 24.5 Å². The lowest BCUT2D eigenvalue weighted by molar-refractivity contribution is -0.577. The summed E-state index contributed by atoms with van der Waals surface area (Å²) in [7, 11) is 0. The van der Waals surface area contributed by atoms with Crippen LogP contribution in [0.4, 0.5) is 0 Å². The van der Waals surface area contributed by atoms with E-state index in [0.29, 0.717) is 36.4 Å². The van der Waals surface area contributed by atoms with Crippen LogP contribution in [0.15, 0.2) is 24.3 Å². The molecule has 1 saturated carbocycles. The third-order valence-electron chi connectivity index (χ3n) is 7.77. The van der Waals surface area contributed by atoms with E-state index >= 15 is 0 Å². The van der Waals surface area contributed by atoms with Gasteiger partial charge in [-0.05, 0) is 50.2 Å². The number of fused-ring (bicyclic) bond motifs is 2. The topological polar surface area (TPSA) is 72.5 Å². The first kappa shape index (κ1) is 21.3. The van der Waals surface area contributed by atoms with Gasteiger partial charge in [-0.1, -0.05) is 26.0 Å². The molecule has 8 atom stereocenters. The van der Waals surface area contributed by atoms with E-state index in [1.807, 2.05) is 19.1 Å². The second kappa shape index (κ2) is 8.12. The SMILES string of the molecule is C[C@@H]1CCC2[C@@H](C)[C@@H](OCCOc3ccccc3C=O)O[C@@H]3O[C@@]4(C)CCC1[C@@]23OO4. The maximum absolute atomic E-state index is 11.2. The summed E-state index contributed by atoms with van der Waals surface area (Å²) in [5, 5.41) is 0. The van der Waals surface area contributed by atoms with Crippen molar-refractivity contribution in [2.75, 3.05) is 13.2 Å². The largest absolute Gasteiger partial charge is 0.490 e. The third kappa shape index (κ3) is 3.51. The van der Waals surface area contributed by atoms with Gasteiger partial charge in [0, 0.05) is 18.3 Å². The van der Waals surface area contributed by atoms with Crippen LogP contribution in [-0.4, -0.2) is 43.5 Å². The van der Waals surface area contributed by atoms with Crippen molar-refractivity contribution >= 4 is 6.29 Å². The summed E-state index contributed by atoms with van der Waals surface area (Å²) in [5.41, 5.74) is -0.0471. The fourth-order valence-corrected chi connectivity index (χ4v) is 6.09. The summed E-state index contributed by atoms with van der Waals surface area (Å²) < 4.78 is 24.6. The smallest absolute Gasteiger partial charge is 0.201 e. The van der Waals surface area contributed by atoms with Gasteiger partial charge in [0.1, 0.15) is 12.4 Å². The molecule has 0 N–H and O–H groups in total. The summed E-state index contributed by atoms with van der Waals surface area (Å²) in [5.74, 6) is 1.01. The first-order valence-corrected chi connectivity index (χ1v) is 11.5. The van der Waals surface area contributed by atoms with Crippen LogP contribution in [-0.2, 0) is 24.0 Å². The minimum absolute atomic E-state index is 0.128. The number of ether oxygens (including phenoxy) is 4. The van der Waals surface area contributed by atoms with Crippen LogP contribution < -0.4 is 4.74 Å². The average Bonchev–Trinajstić information content (AvgIpc) is 3.00. The van der Waals surface area contributed by atoms with Crippen molar-refractivity contribution in [1.82, 2.24) is 0 Å². The Morgan fingerprint density at radius 2 is 1.94 bits per heavy atom. The van der Waals surface area contributed by atoms with Crippen molar-refractivity contribution in [2.24, 2.45) is 23.7 Å². The van der Waals surface area contributed by atoms with Gasteiger partial charge in [-0.25, -0.2) is 9.78 Å². The highest BCUT2D eigenvalue weighted by atomic mass is 17.3. The summed E-state index contributed by atoms with van der Waals surface area (Å²) in [6.07, 6.45) is 3.87. The van der Waals surface area contributed by atoms with E-state index in [4.69, 9.17) is 28.7 Å². The summed E-state index contributed by atoms with van der Waals surface area (Å²) in [4.78, 5) is 23.2. The van der Waals surface area contributed by atoms with Crippen molar-refractivity contribution in [3.05, 3.63) is 29.8 Å². The van der Waals surface area contributed by atoms with E-state index in [2.05, 4.69) is 13.8 Å². The van der Waals surface area contributed by atoms with Crippen LogP contribution in [0.25, 0.3) is 0 Å². The van der Waals surface area contributed by atoms with E-state index in [-0.39, 0.29) is 11.8 Å². The number of aldehydes is 1. The molecule has 0 aromatic heterocycles. The van der Waals surface area contributed by atoms with Gasteiger partial charge < -0.3 is 18.9 Å². The molecule has 2 bridgehead atoms. The van der Waals surface area contributed by atoms with Crippen LogP contribution in [0.2, 0.25) is 0 Å². The Bertz CT molecular complexity index is 815. The number of carbonyl (C=O) groups excluding carboxylic acids is 1. The molecule has 7 nitrogen and oxygen atoms in total. The van der Waals surface area contributed by atoms with Crippen molar-refractivity contribution in [3.8, 4) is 5.75 Å². The molecule has 0 radical (unpaired) electrons. The molecule has 5 aliphatic rings. The summed E-state index contributed by atoms with van der Waals surface area (Å²) in [6.45, 7) is 7.07. The predicted molar refractivity (Wildman–Crippen MR) is 110 cm³/mol. The highest BCUT2D eigenvalue weighted by Crippen LogP contribution is 2.60. The molecule has 0 amide bonds. The molecule has 5 fully saturated rings. The van der Waals surface area contributed by atoms with Gasteiger partial charge >= 0.3 is 0 Å². The minimum Gasteiger partial charge on any atom is -0.490 e. The lowest BCUT2D eigenvalue weighted by Gasteiger charge is -2.60. The highest BCUT2D eigenvalue weighted by molar-refractivity contribution is 5.79. The van der Waals surface area contributed by atoms with Crippen LogP contribution >= 0.6 is 0 Å². The Hall–Kier alpha value is -1.51. The standard InChI is InChI=1S/C24H32O7/c1-15-8-9-19-16(2)21(27-13-12-26-20-7-5-4-6-17(20)14-25)28-22-24(19)18(15)10-11-23(3,29-22)30-31-24/h4-7,14-16,18-19,21-22H,8-13H2,1-3H3/t15-,16-,18?,19?,21+,22-,23-,24-/m1/s1. The molecule has 4 saturated heterocycles. The lowest BCUT2D eigenvalue weighted by Crippen LogP contribution is -2.70. The van der Waals surface area contributed by atoms with Gasteiger partial charge in [-0.3, -0.25) is 4.79 Å². The first-order chi connectivity index (χ1) is 15.0. The van der Waals surface area contributed by atoms with E-state index in [1.54, 1.807) is 12.1 Å². The van der Waals surface area contributed by atoms with Crippen LogP contribution in [0.1, 0.15) is 56.8 Å². The molecule has 6 rings (SSSR count). The number of benzene rings is 1. The van der Waals surface area contributed by atoms with Crippen molar-refractivity contribution in [3.63, 3.8) is 0 Å². The molecule has 31 heavy (non-hydrogen) atoms. The number of para-hydroxylation sites is 1. The number of carbonyl (C=O) groups is 1. The zero-order chi connectivity index (χ0) is 21.6. The Morgan fingerprint density at radius 1 is 1.10 bits per heavy atom. The molecule has 1 aliphatic carbocycles. The fraction of sp³-hybridized carbons (Fsp3) is 0.708. The van der Waals surface area contributed by atoms with Gasteiger partial charge in [-0.2, -0.15) is 0 Å². The number of hydrogen-bond acceptors (Lipinski definition) is 7. The maximum Gasteiger partial charge on any atom is 0.201 e. The molecule has 2 unspecified atom stereocenters. The number of hydrogen-bond donors (Lipinski definition) is 0. The molecule has 4 aliphatic heterocycles. The Labute approximate surface area is 183 Å². The van der Waals surface area contributed by atoms with Gasteiger partial charge in [0.05, 0.1) is 12.2 Å². The third-order valence-corrected chi connectivity index (χ3v) is 7.77. The van der Waals surface area contributed by atoms with E-state index < -0.39 is 24.0 Å². The number of rotatable bonds is 6. The molecule has 1 aromatic rings. The Morgan fingerprint density at radius 3 is 2.77 bits per heavy atom.